The number of rotatable bonds is 2. The van der Waals surface area contributed by atoms with Crippen molar-refractivity contribution in [3.8, 4) is 0 Å². The van der Waals surface area contributed by atoms with Crippen molar-refractivity contribution in [1.29, 1.82) is 0 Å². The van der Waals surface area contributed by atoms with Crippen molar-refractivity contribution in [1.82, 2.24) is 5.16 Å². The molecule has 1 amide bonds. The second kappa shape index (κ2) is 3.61. The summed E-state index contributed by atoms with van der Waals surface area (Å²) < 4.78 is 4.93. The Morgan fingerprint density at radius 3 is 2.94 bits per heavy atom. The van der Waals surface area contributed by atoms with Gasteiger partial charge in [-0.05, 0) is 38.0 Å². The number of fused-ring (bicyclic) bond motifs is 2. The van der Waals surface area contributed by atoms with E-state index in [9.17, 15) is 4.79 Å². The van der Waals surface area contributed by atoms with Crippen molar-refractivity contribution < 1.29 is 9.32 Å². The molecule has 2 bridgehead atoms. The Labute approximate surface area is 94.4 Å². The van der Waals surface area contributed by atoms with E-state index >= 15 is 0 Å². The first-order valence-corrected chi connectivity index (χ1v) is 5.96. The third-order valence-electron chi connectivity index (χ3n) is 3.95. The molecule has 1 N–H and O–H groups in total. The smallest absolute Gasteiger partial charge is 0.229 e. The molecule has 4 nitrogen and oxygen atoms in total. The Morgan fingerprint density at radius 1 is 1.50 bits per heavy atom. The zero-order chi connectivity index (χ0) is 11.1. The van der Waals surface area contributed by atoms with Gasteiger partial charge in [-0.3, -0.25) is 4.79 Å². The number of carbonyl (C=O) groups excluding carboxylic acids is 1. The van der Waals surface area contributed by atoms with E-state index in [1.165, 1.54) is 19.3 Å². The maximum absolute atomic E-state index is 12.0. The van der Waals surface area contributed by atoms with Crippen molar-refractivity contribution in [2.24, 2.45) is 17.8 Å². The molecule has 0 spiro atoms. The summed E-state index contributed by atoms with van der Waals surface area (Å²) >= 11 is 0. The molecule has 2 aliphatic rings. The molecule has 0 radical (unpaired) electrons. The summed E-state index contributed by atoms with van der Waals surface area (Å²) in [4.78, 5) is 12.0. The molecule has 86 valence electrons. The lowest BCUT2D eigenvalue weighted by atomic mass is 9.88. The zero-order valence-electron chi connectivity index (χ0n) is 9.40. The number of aryl methyl sites for hydroxylation is 1. The molecule has 2 fully saturated rings. The average molecular weight is 220 g/mol. The second-order valence-electron chi connectivity index (χ2n) is 5.09. The highest BCUT2D eigenvalue weighted by atomic mass is 16.5. The van der Waals surface area contributed by atoms with Gasteiger partial charge in [0.2, 0.25) is 5.91 Å². The number of nitrogens with one attached hydrogen (secondary N) is 1. The quantitative estimate of drug-likeness (QED) is 0.832. The highest BCUT2D eigenvalue weighted by molar-refractivity contribution is 5.92. The molecule has 1 aromatic heterocycles. The van der Waals surface area contributed by atoms with Crippen LogP contribution in [0.25, 0.3) is 0 Å². The summed E-state index contributed by atoms with van der Waals surface area (Å²) in [6.07, 6.45) is 4.85. The van der Waals surface area contributed by atoms with E-state index in [0.717, 1.165) is 18.1 Å². The Balaban J connectivity index is 1.65. The Hall–Kier alpha value is -1.32. The molecule has 1 aromatic rings. The van der Waals surface area contributed by atoms with Crippen LogP contribution in [0.4, 0.5) is 5.82 Å². The highest BCUT2D eigenvalue weighted by Gasteiger charge is 2.43. The van der Waals surface area contributed by atoms with E-state index in [-0.39, 0.29) is 11.8 Å². The largest absolute Gasteiger partial charge is 0.360 e. The number of nitrogens with zero attached hydrogens (tertiary/aromatic N) is 1. The molecule has 0 aliphatic heterocycles. The van der Waals surface area contributed by atoms with E-state index in [1.54, 1.807) is 6.07 Å². The van der Waals surface area contributed by atoms with Gasteiger partial charge in [0.1, 0.15) is 5.76 Å². The van der Waals surface area contributed by atoms with Crippen molar-refractivity contribution in [2.75, 3.05) is 5.32 Å². The second-order valence-corrected chi connectivity index (χ2v) is 5.09. The fourth-order valence-corrected chi connectivity index (χ4v) is 3.21. The van der Waals surface area contributed by atoms with Crippen LogP contribution in [-0.2, 0) is 4.79 Å². The van der Waals surface area contributed by atoms with Gasteiger partial charge in [0, 0.05) is 12.0 Å². The summed E-state index contributed by atoms with van der Waals surface area (Å²) in [7, 11) is 0. The van der Waals surface area contributed by atoms with Crippen LogP contribution in [0.15, 0.2) is 10.6 Å². The van der Waals surface area contributed by atoms with Crippen molar-refractivity contribution in [3.63, 3.8) is 0 Å². The summed E-state index contributed by atoms with van der Waals surface area (Å²) in [6.45, 7) is 1.82. The summed E-state index contributed by atoms with van der Waals surface area (Å²) in [5.74, 6) is 3.00. The first-order chi connectivity index (χ1) is 7.72. The van der Waals surface area contributed by atoms with E-state index in [1.807, 2.05) is 6.92 Å². The van der Waals surface area contributed by atoms with Crippen LogP contribution in [0.1, 0.15) is 31.4 Å². The van der Waals surface area contributed by atoms with Crippen molar-refractivity contribution >= 4 is 11.7 Å². The Kier molecular flexibility index (Phi) is 2.23. The van der Waals surface area contributed by atoms with Gasteiger partial charge in [0.25, 0.3) is 0 Å². The molecule has 2 saturated carbocycles. The molecule has 1 heterocycles. The third kappa shape index (κ3) is 1.62. The van der Waals surface area contributed by atoms with Gasteiger partial charge in [-0.25, -0.2) is 0 Å². The number of anilines is 1. The molecule has 16 heavy (non-hydrogen) atoms. The lowest BCUT2D eigenvalue weighted by Gasteiger charge is -2.19. The van der Waals surface area contributed by atoms with E-state index < -0.39 is 0 Å². The molecule has 4 heteroatoms. The van der Waals surface area contributed by atoms with Crippen LogP contribution in [0.3, 0.4) is 0 Å². The highest BCUT2D eigenvalue weighted by Crippen LogP contribution is 2.48. The normalized spacial score (nSPS) is 31.9. The number of amides is 1. The zero-order valence-corrected chi connectivity index (χ0v) is 9.40. The van der Waals surface area contributed by atoms with Gasteiger partial charge < -0.3 is 9.84 Å². The number of carbonyl (C=O) groups is 1. The van der Waals surface area contributed by atoms with Gasteiger partial charge in [-0.1, -0.05) is 11.6 Å². The van der Waals surface area contributed by atoms with Gasteiger partial charge in [0.15, 0.2) is 5.82 Å². The fourth-order valence-electron chi connectivity index (χ4n) is 3.21. The predicted octanol–water partition coefficient (Wildman–Crippen LogP) is 2.36. The van der Waals surface area contributed by atoms with E-state index in [2.05, 4.69) is 10.5 Å². The Morgan fingerprint density at radius 2 is 2.38 bits per heavy atom. The van der Waals surface area contributed by atoms with Gasteiger partial charge in [-0.15, -0.1) is 0 Å². The van der Waals surface area contributed by atoms with Crippen LogP contribution < -0.4 is 5.32 Å². The summed E-state index contributed by atoms with van der Waals surface area (Å²) in [5, 5.41) is 6.63. The third-order valence-corrected chi connectivity index (χ3v) is 3.95. The molecular formula is C12H16N2O2. The maximum Gasteiger partial charge on any atom is 0.229 e. The average Bonchev–Trinajstić information content (AvgIpc) is 2.93. The molecule has 0 unspecified atom stereocenters. The standard InChI is InChI=1S/C12H16N2O2/c1-7-4-11(14-16-7)13-12(15)10-6-8-2-3-9(10)5-8/h4,8-10H,2-3,5-6H2,1H3,(H,13,14,15)/t8-,9-,10-/m1/s1. The summed E-state index contributed by atoms with van der Waals surface area (Å²) in [5.41, 5.74) is 0. The van der Waals surface area contributed by atoms with Crippen molar-refractivity contribution in [2.45, 2.75) is 32.6 Å². The topological polar surface area (TPSA) is 55.1 Å². The first-order valence-electron chi connectivity index (χ1n) is 5.96. The predicted molar refractivity (Wildman–Crippen MR) is 58.8 cm³/mol. The fraction of sp³-hybridized carbons (Fsp3) is 0.667. The molecule has 3 rings (SSSR count). The van der Waals surface area contributed by atoms with Crippen LogP contribution in [0.5, 0.6) is 0 Å². The van der Waals surface area contributed by atoms with Gasteiger partial charge >= 0.3 is 0 Å². The molecular weight excluding hydrogens is 204 g/mol. The minimum Gasteiger partial charge on any atom is -0.360 e. The SMILES string of the molecule is Cc1cc(NC(=O)[C@@H]2C[C@@H]3CC[C@@H]2C3)no1. The Bertz CT molecular complexity index is 413. The minimum absolute atomic E-state index is 0.125. The van der Waals surface area contributed by atoms with Gasteiger partial charge in [-0.2, -0.15) is 0 Å². The number of hydrogen-bond acceptors (Lipinski definition) is 3. The van der Waals surface area contributed by atoms with Crippen LogP contribution in [0, 0.1) is 24.7 Å². The van der Waals surface area contributed by atoms with E-state index in [4.69, 9.17) is 4.52 Å². The van der Waals surface area contributed by atoms with E-state index in [0.29, 0.717) is 11.7 Å². The molecule has 0 aromatic carbocycles. The van der Waals surface area contributed by atoms with Gasteiger partial charge in [0.05, 0.1) is 0 Å². The maximum atomic E-state index is 12.0. The minimum atomic E-state index is 0.125. The lowest BCUT2D eigenvalue weighted by molar-refractivity contribution is -0.121. The van der Waals surface area contributed by atoms with Crippen LogP contribution in [0.2, 0.25) is 0 Å². The monoisotopic (exact) mass is 220 g/mol. The summed E-state index contributed by atoms with van der Waals surface area (Å²) in [6, 6.07) is 1.76. The molecule has 2 aliphatic carbocycles. The first kappa shape index (κ1) is 9.87. The van der Waals surface area contributed by atoms with Crippen LogP contribution in [-0.4, -0.2) is 11.1 Å². The van der Waals surface area contributed by atoms with Crippen molar-refractivity contribution in [3.05, 3.63) is 11.8 Å². The molecule has 0 saturated heterocycles. The lowest BCUT2D eigenvalue weighted by Crippen LogP contribution is -2.27. The molecule has 3 atom stereocenters. The number of aromatic nitrogens is 1. The van der Waals surface area contributed by atoms with Crippen LogP contribution >= 0.6 is 0 Å². The number of hydrogen-bond donors (Lipinski definition) is 1.